The maximum Gasteiger partial charge on any atom is 0.313 e. The van der Waals surface area contributed by atoms with Gasteiger partial charge in [0.2, 0.25) is 0 Å². The van der Waals surface area contributed by atoms with E-state index in [1.165, 1.54) is 10.4 Å². The molecule has 1 unspecified atom stereocenters. The number of rotatable bonds is 5. The van der Waals surface area contributed by atoms with Gasteiger partial charge in [-0.2, -0.15) is 0 Å². The van der Waals surface area contributed by atoms with Crippen molar-refractivity contribution in [3.63, 3.8) is 0 Å². The Labute approximate surface area is 107 Å². The highest BCUT2D eigenvalue weighted by atomic mass is 32.1. The van der Waals surface area contributed by atoms with Crippen LogP contribution >= 0.6 is 11.3 Å². The highest BCUT2D eigenvalue weighted by Crippen LogP contribution is 2.30. The number of carbonyl (C=O) groups is 1. The molecule has 0 aromatic carbocycles. The van der Waals surface area contributed by atoms with Gasteiger partial charge in [0.05, 0.1) is 12.5 Å². The predicted octanol–water partition coefficient (Wildman–Crippen LogP) is 3.84. The van der Waals surface area contributed by atoms with E-state index in [2.05, 4.69) is 19.6 Å². The number of carbonyl (C=O) groups excluding carboxylic acids is 1. The Bertz CT molecular complexity index is 418. The smallest absolute Gasteiger partial charge is 0.313 e. The molecule has 0 amide bonds. The first-order chi connectivity index (χ1) is 7.95. The average molecular weight is 252 g/mol. The number of thiophene rings is 1. The van der Waals surface area contributed by atoms with Crippen molar-refractivity contribution in [3.05, 3.63) is 33.5 Å². The second-order valence-corrected chi connectivity index (χ2v) is 5.63. The molecule has 94 valence electrons. The van der Waals surface area contributed by atoms with Crippen LogP contribution in [0, 0.1) is 6.92 Å². The Morgan fingerprint density at radius 2 is 2.24 bits per heavy atom. The Morgan fingerprint density at radius 3 is 2.76 bits per heavy atom. The lowest BCUT2D eigenvalue weighted by Gasteiger charge is -2.07. The zero-order valence-electron chi connectivity index (χ0n) is 11.0. The van der Waals surface area contributed by atoms with E-state index in [1.807, 2.05) is 20.8 Å². The third kappa shape index (κ3) is 3.70. The molecule has 0 N–H and O–H groups in total. The standard InChI is InChI=1S/C14H20O2S/c1-6-16-14(15)10(4)13-8-12(7-9(2)3)11(5)17-13/h8,10H,2,6-7H2,1,3-5H3. The third-order valence-corrected chi connectivity index (χ3v) is 3.87. The molecule has 1 heterocycles. The van der Waals surface area contributed by atoms with E-state index in [-0.39, 0.29) is 11.9 Å². The first kappa shape index (κ1) is 14.0. The molecule has 0 saturated carbocycles. The molecular formula is C14H20O2S. The van der Waals surface area contributed by atoms with Gasteiger partial charge in [0.1, 0.15) is 0 Å². The normalized spacial score (nSPS) is 12.2. The molecule has 17 heavy (non-hydrogen) atoms. The van der Waals surface area contributed by atoms with Crippen molar-refractivity contribution in [2.45, 2.75) is 40.0 Å². The minimum atomic E-state index is -0.169. The first-order valence-corrected chi connectivity index (χ1v) is 6.67. The highest BCUT2D eigenvalue weighted by molar-refractivity contribution is 7.12. The van der Waals surface area contributed by atoms with Gasteiger partial charge < -0.3 is 4.74 Å². The molecular weight excluding hydrogens is 232 g/mol. The van der Waals surface area contributed by atoms with E-state index < -0.39 is 0 Å². The largest absolute Gasteiger partial charge is 0.466 e. The van der Waals surface area contributed by atoms with Crippen LogP contribution in [0.4, 0.5) is 0 Å². The topological polar surface area (TPSA) is 26.3 Å². The summed E-state index contributed by atoms with van der Waals surface area (Å²) < 4.78 is 5.04. The van der Waals surface area contributed by atoms with E-state index in [1.54, 1.807) is 11.3 Å². The van der Waals surface area contributed by atoms with Gasteiger partial charge in [0, 0.05) is 9.75 Å². The predicted molar refractivity (Wildman–Crippen MR) is 72.6 cm³/mol. The molecule has 0 spiro atoms. The van der Waals surface area contributed by atoms with Gasteiger partial charge in [-0.1, -0.05) is 12.2 Å². The molecule has 0 fully saturated rings. The number of allylic oxidation sites excluding steroid dienone is 1. The van der Waals surface area contributed by atoms with Gasteiger partial charge in [0.15, 0.2) is 0 Å². The van der Waals surface area contributed by atoms with E-state index in [4.69, 9.17) is 4.74 Å². The summed E-state index contributed by atoms with van der Waals surface area (Å²) in [4.78, 5) is 14.0. The van der Waals surface area contributed by atoms with E-state index in [9.17, 15) is 4.79 Å². The Morgan fingerprint density at radius 1 is 1.59 bits per heavy atom. The summed E-state index contributed by atoms with van der Waals surface area (Å²) in [6, 6.07) is 2.11. The van der Waals surface area contributed by atoms with Crippen LogP contribution in [0.2, 0.25) is 0 Å². The van der Waals surface area contributed by atoms with Gasteiger partial charge >= 0.3 is 5.97 Å². The quantitative estimate of drug-likeness (QED) is 0.588. The molecule has 0 aliphatic rings. The van der Waals surface area contributed by atoms with Crippen molar-refractivity contribution in [3.8, 4) is 0 Å². The molecule has 1 aromatic heterocycles. The minimum absolute atomic E-state index is 0.143. The summed E-state index contributed by atoms with van der Waals surface area (Å²) in [5, 5.41) is 0. The molecule has 0 aliphatic carbocycles. The summed E-state index contributed by atoms with van der Waals surface area (Å²) in [7, 11) is 0. The lowest BCUT2D eigenvalue weighted by Crippen LogP contribution is -2.11. The van der Waals surface area contributed by atoms with Gasteiger partial charge in [-0.3, -0.25) is 4.79 Å². The molecule has 1 rings (SSSR count). The SMILES string of the molecule is C=C(C)Cc1cc(C(C)C(=O)OCC)sc1C. The average Bonchev–Trinajstić information content (AvgIpc) is 2.59. The fourth-order valence-corrected chi connectivity index (χ4v) is 2.73. The highest BCUT2D eigenvalue weighted by Gasteiger charge is 2.19. The van der Waals surface area contributed by atoms with Crippen LogP contribution in [0.5, 0.6) is 0 Å². The summed E-state index contributed by atoms with van der Waals surface area (Å²) >= 11 is 1.68. The van der Waals surface area contributed by atoms with Crippen LogP contribution in [-0.4, -0.2) is 12.6 Å². The van der Waals surface area contributed by atoms with Crippen molar-refractivity contribution in [1.82, 2.24) is 0 Å². The molecule has 1 atom stereocenters. The summed E-state index contributed by atoms with van der Waals surface area (Å²) in [6.07, 6.45) is 0.887. The number of aryl methyl sites for hydroxylation is 1. The Balaban J connectivity index is 2.85. The van der Waals surface area contributed by atoms with Gasteiger partial charge in [-0.25, -0.2) is 0 Å². The van der Waals surface area contributed by atoms with Crippen LogP contribution in [0.15, 0.2) is 18.2 Å². The lowest BCUT2D eigenvalue weighted by atomic mass is 10.1. The minimum Gasteiger partial charge on any atom is -0.466 e. The second-order valence-electron chi connectivity index (χ2n) is 4.34. The van der Waals surface area contributed by atoms with Crippen LogP contribution < -0.4 is 0 Å². The molecule has 1 aromatic rings. The maximum atomic E-state index is 11.7. The zero-order chi connectivity index (χ0) is 13.0. The number of ether oxygens (including phenoxy) is 1. The van der Waals surface area contributed by atoms with Crippen LogP contribution in [0.25, 0.3) is 0 Å². The monoisotopic (exact) mass is 252 g/mol. The van der Waals surface area contributed by atoms with E-state index in [0.717, 1.165) is 16.9 Å². The lowest BCUT2D eigenvalue weighted by molar-refractivity contribution is -0.144. The Kier molecular flexibility index (Phi) is 4.94. The van der Waals surface area contributed by atoms with Crippen molar-refractivity contribution in [2.75, 3.05) is 6.61 Å². The number of hydrogen-bond acceptors (Lipinski definition) is 3. The van der Waals surface area contributed by atoms with Crippen molar-refractivity contribution in [1.29, 1.82) is 0 Å². The van der Waals surface area contributed by atoms with Gasteiger partial charge in [-0.15, -0.1) is 11.3 Å². The molecule has 0 radical (unpaired) electrons. The van der Waals surface area contributed by atoms with Crippen molar-refractivity contribution >= 4 is 17.3 Å². The Hall–Kier alpha value is -1.09. The van der Waals surface area contributed by atoms with Crippen molar-refractivity contribution in [2.24, 2.45) is 0 Å². The molecule has 0 bridgehead atoms. The first-order valence-electron chi connectivity index (χ1n) is 5.85. The fraction of sp³-hybridized carbons (Fsp3) is 0.500. The van der Waals surface area contributed by atoms with Crippen LogP contribution in [0.3, 0.4) is 0 Å². The molecule has 0 aliphatic heterocycles. The summed E-state index contributed by atoms with van der Waals surface area (Å²) in [5.74, 6) is -0.312. The van der Waals surface area contributed by atoms with Gasteiger partial charge in [-0.05, 0) is 45.7 Å². The number of hydrogen-bond donors (Lipinski definition) is 0. The zero-order valence-corrected chi connectivity index (χ0v) is 11.8. The fourth-order valence-electron chi connectivity index (χ4n) is 1.64. The second kappa shape index (κ2) is 6.01. The van der Waals surface area contributed by atoms with Crippen molar-refractivity contribution < 1.29 is 9.53 Å². The van der Waals surface area contributed by atoms with Gasteiger partial charge in [0.25, 0.3) is 0 Å². The molecule has 2 nitrogen and oxygen atoms in total. The summed E-state index contributed by atoms with van der Waals surface area (Å²) in [5.41, 5.74) is 2.41. The molecule has 0 saturated heterocycles. The summed E-state index contributed by atoms with van der Waals surface area (Å²) in [6.45, 7) is 12.2. The van der Waals surface area contributed by atoms with Crippen LogP contribution in [0.1, 0.15) is 42.0 Å². The third-order valence-electron chi connectivity index (χ3n) is 2.60. The maximum absolute atomic E-state index is 11.7. The van der Waals surface area contributed by atoms with E-state index in [0.29, 0.717) is 6.61 Å². The van der Waals surface area contributed by atoms with E-state index >= 15 is 0 Å². The molecule has 3 heteroatoms. The van der Waals surface area contributed by atoms with Crippen LogP contribution in [-0.2, 0) is 16.0 Å². The number of esters is 1.